The molecule has 0 radical (unpaired) electrons. The highest BCUT2D eigenvalue weighted by Gasteiger charge is 1.83. The number of halogens is 1. The van der Waals surface area contributed by atoms with Crippen molar-refractivity contribution < 1.29 is 0 Å². The maximum absolute atomic E-state index is 3.98. The van der Waals surface area contributed by atoms with Gasteiger partial charge in [-0.3, -0.25) is 0 Å². The molecular formula is C13H17ClN2. The van der Waals surface area contributed by atoms with Crippen LogP contribution in [-0.2, 0) is 7.05 Å². The van der Waals surface area contributed by atoms with Gasteiger partial charge in [-0.15, -0.1) is 12.4 Å². The van der Waals surface area contributed by atoms with Gasteiger partial charge in [0.15, 0.2) is 0 Å². The van der Waals surface area contributed by atoms with Crippen molar-refractivity contribution in [3.8, 4) is 0 Å². The SMILES string of the molecule is C=Cc1ccccc1.Cc1nccn1C.Cl. The Hall–Kier alpha value is -1.54. The van der Waals surface area contributed by atoms with Crippen molar-refractivity contribution in [1.82, 2.24) is 9.55 Å². The average Bonchev–Trinajstić information content (AvgIpc) is 2.65. The summed E-state index contributed by atoms with van der Waals surface area (Å²) in [5.41, 5.74) is 1.17. The zero-order valence-corrected chi connectivity index (χ0v) is 10.4. The Kier molecular flexibility index (Phi) is 6.97. The molecule has 2 nitrogen and oxygen atoms in total. The van der Waals surface area contributed by atoms with E-state index in [0.29, 0.717) is 0 Å². The Morgan fingerprint density at radius 1 is 1.25 bits per heavy atom. The summed E-state index contributed by atoms with van der Waals surface area (Å²) in [4.78, 5) is 3.98. The van der Waals surface area contributed by atoms with Gasteiger partial charge >= 0.3 is 0 Å². The molecule has 3 heteroatoms. The monoisotopic (exact) mass is 236 g/mol. The fraction of sp³-hybridized carbons (Fsp3) is 0.154. The highest BCUT2D eigenvalue weighted by Crippen LogP contribution is 1.97. The van der Waals surface area contributed by atoms with Crippen molar-refractivity contribution in [2.24, 2.45) is 7.05 Å². The van der Waals surface area contributed by atoms with Crippen LogP contribution < -0.4 is 0 Å². The number of benzene rings is 1. The fourth-order valence-corrected chi connectivity index (χ4v) is 1.03. The van der Waals surface area contributed by atoms with Crippen LogP contribution in [0.5, 0.6) is 0 Å². The molecule has 1 heterocycles. The van der Waals surface area contributed by atoms with Gasteiger partial charge in [-0.25, -0.2) is 4.98 Å². The van der Waals surface area contributed by atoms with E-state index in [4.69, 9.17) is 0 Å². The molecule has 1 aromatic heterocycles. The van der Waals surface area contributed by atoms with Gasteiger partial charge in [-0.2, -0.15) is 0 Å². The quantitative estimate of drug-likeness (QED) is 0.741. The van der Waals surface area contributed by atoms with Crippen LogP contribution in [-0.4, -0.2) is 9.55 Å². The molecule has 2 aromatic rings. The van der Waals surface area contributed by atoms with Crippen molar-refractivity contribution in [3.63, 3.8) is 0 Å². The third-order valence-electron chi connectivity index (χ3n) is 2.10. The molecule has 0 N–H and O–H groups in total. The van der Waals surface area contributed by atoms with Gasteiger partial charge in [-0.1, -0.05) is 43.0 Å². The first-order valence-corrected chi connectivity index (χ1v) is 4.85. The number of hydrogen-bond donors (Lipinski definition) is 0. The van der Waals surface area contributed by atoms with Gasteiger partial charge in [0.1, 0.15) is 5.82 Å². The second kappa shape index (κ2) is 7.71. The van der Waals surface area contributed by atoms with E-state index >= 15 is 0 Å². The van der Waals surface area contributed by atoms with E-state index in [1.54, 1.807) is 6.20 Å². The molecule has 0 aliphatic rings. The molecule has 0 aliphatic heterocycles. The minimum atomic E-state index is 0. The predicted octanol–water partition coefficient (Wildman–Crippen LogP) is 3.48. The topological polar surface area (TPSA) is 17.8 Å². The molecule has 0 saturated heterocycles. The molecule has 86 valence electrons. The Morgan fingerprint density at radius 2 is 1.88 bits per heavy atom. The van der Waals surface area contributed by atoms with Crippen LogP contribution in [0.3, 0.4) is 0 Å². The Bertz CT molecular complexity index is 390. The molecule has 0 amide bonds. The van der Waals surface area contributed by atoms with Crippen LogP contribution >= 0.6 is 12.4 Å². The van der Waals surface area contributed by atoms with E-state index < -0.39 is 0 Å². The molecule has 0 atom stereocenters. The van der Waals surface area contributed by atoms with Gasteiger partial charge in [-0.05, 0) is 12.5 Å². The largest absolute Gasteiger partial charge is 0.338 e. The van der Waals surface area contributed by atoms with Crippen molar-refractivity contribution in [1.29, 1.82) is 0 Å². The number of imidazole rings is 1. The van der Waals surface area contributed by atoms with Gasteiger partial charge in [0.05, 0.1) is 0 Å². The van der Waals surface area contributed by atoms with Crippen LogP contribution in [0.1, 0.15) is 11.4 Å². The van der Waals surface area contributed by atoms with E-state index in [2.05, 4.69) is 11.6 Å². The lowest BCUT2D eigenvalue weighted by molar-refractivity contribution is 0.858. The van der Waals surface area contributed by atoms with Gasteiger partial charge < -0.3 is 4.57 Å². The molecule has 16 heavy (non-hydrogen) atoms. The molecule has 0 aliphatic carbocycles. The summed E-state index contributed by atoms with van der Waals surface area (Å²) in [7, 11) is 1.97. The summed E-state index contributed by atoms with van der Waals surface area (Å²) >= 11 is 0. The maximum atomic E-state index is 3.98. The fourth-order valence-electron chi connectivity index (χ4n) is 1.03. The van der Waals surface area contributed by atoms with E-state index in [1.165, 1.54) is 5.56 Å². The number of aryl methyl sites for hydroxylation is 2. The first-order chi connectivity index (χ1) is 7.24. The van der Waals surface area contributed by atoms with Gasteiger partial charge in [0, 0.05) is 19.4 Å². The summed E-state index contributed by atoms with van der Waals surface area (Å²) < 4.78 is 1.97. The Labute approximate surface area is 103 Å². The second-order valence-corrected chi connectivity index (χ2v) is 3.20. The lowest BCUT2D eigenvalue weighted by Crippen LogP contribution is -1.86. The minimum Gasteiger partial charge on any atom is -0.338 e. The lowest BCUT2D eigenvalue weighted by Gasteiger charge is -1.87. The third kappa shape index (κ3) is 4.80. The Morgan fingerprint density at radius 3 is 2.12 bits per heavy atom. The smallest absolute Gasteiger partial charge is 0.105 e. The molecule has 0 unspecified atom stereocenters. The molecule has 0 saturated carbocycles. The molecule has 0 bridgehead atoms. The van der Waals surface area contributed by atoms with Crippen LogP contribution in [0.25, 0.3) is 6.08 Å². The lowest BCUT2D eigenvalue weighted by atomic mass is 10.2. The highest BCUT2D eigenvalue weighted by atomic mass is 35.5. The molecule has 1 aromatic carbocycles. The van der Waals surface area contributed by atoms with Crippen molar-refractivity contribution in [2.75, 3.05) is 0 Å². The predicted molar refractivity (Wildman–Crippen MR) is 71.7 cm³/mol. The van der Waals surface area contributed by atoms with Gasteiger partial charge in [0.25, 0.3) is 0 Å². The molecular weight excluding hydrogens is 220 g/mol. The van der Waals surface area contributed by atoms with Crippen molar-refractivity contribution in [2.45, 2.75) is 6.92 Å². The number of aromatic nitrogens is 2. The van der Waals surface area contributed by atoms with Crippen molar-refractivity contribution >= 4 is 18.5 Å². The van der Waals surface area contributed by atoms with E-state index in [1.807, 2.05) is 61.1 Å². The first-order valence-electron chi connectivity index (χ1n) is 4.85. The number of rotatable bonds is 1. The van der Waals surface area contributed by atoms with E-state index in [-0.39, 0.29) is 12.4 Å². The summed E-state index contributed by atoms with van der Waals surface area (Å²) in [6.07, 6.45) is 5.55. The summed E-state index contributed by atoms with van der Waals surface area (Å²) in [5, 5.41) is 0. The molecule has 0 fully saturated rings. The zero-order chi connectivity index (χ0) is 11.1. The van der Waals surface area contributed by atoms with Crippen LogP contribution in [0.4, 0.5) is 0 Å². The Balaban J connectivity index is 0.000000267. The number of nitrogens with zero attached hydrogens (tertiary/aromatic N) is 2. The summed E-state index contributed by atoms with van der Waals surface area (Å²) in [6.45, 7) is 5.60. The highest BCUT2D eigenvalue weighted by molar-refractivity contribution is 5.85. The third-order valence-corrected chi connectivity index (χ3v) is 2.10. The maximum Gasteiger partial charge on any atom is 0.105 e. The van der Waals surface area contributed by atoms with Crippen LogP contribution in [0.2, 0.25) is 0 Å². The molecule has 0 spiro atoms. The molecule has 2 rings (SSSR count). The van der Waals surface area contributed by atoms with Crippen molar-refractivity contribution in [3.05, 3.63) is 60.7 Å². The zero-order valence-electron chi connectivity index (χ0n) is 9.63. The first kappa shape index (κ1) is 14.5. The van der Waals surface area contributed by atoms with E-state index in [9.17, 15) is 0 Å². The second-order valence-electron chi connectivity index (χ2n) is 3.20. The summed E-state index contributed by atoms with van der Waals surface area (Å²) in [5.74, 6) is 1.06. The standard InChI is InChI=1S/C8H8.C5H8N2.ClH/c1-2-8-6-4-3-5-7-8;1-5-6-3-4-7(5)2;/h2-7H,1H2;3-4H,1-2H3;1H. The summed E-state index contributed by atoms with van der Waals surface area (Å²) in [6, 6.07) is 10.0. The van der Waals surface area contributed by atoms with E-state index in [0.717, 1.165) is 5.82 Å². The average molecular weight is 237 g/mol. The normalized spacial score (nSPS) is 8.38. The number of hydrogen-bond acceptors (Lipinski definition) is 1. The van der Waals surface area contributed by atoms with Crippen LogP contribution in [0, 0.1) is 6.92 Å². The van der Waals surface area contributed by atoms with Crippen LogP contribution in [0.15, 0.2) is 49.3 Å². The van der Waals surface area contributed by atoms with Gasteiger partial charge in [0.2, 0.25) is 0 Å². The minimum absolute atomic E-state index is 0.